The molecule has 3 N–H and O–H groups in total. The van der Waals surface area contributed by atoms with Gasteiger partial charge in [0.25, 0.3) is 0 Å². The zero-order valence-electron chi connectivity index (χ0n) is 9.90. The van der Waals surface area contributed by atoms with E-state index >= 15 is 0 Å². The van der Waals surface area contributed by atoms with Gasteiger partial charge in [0.15, 0.2) is 5.82 Å². The second-order valence-corrected chi connectivity index (χ2v) is 4.22. The normalized spacial score (nSPS) is 10.2. The molecule has 0 saturated carbocycles. The van der Waals surface area contributed by atoms with Gasteiger partial charge in [-0.05, 0) is 6.92 Å². The summed E-state index contributed by atoms with van der Waals surface area (Å²) >= 11 is 1.29. The monoisotopic (exact) mass is 256 g/mol. The first-order valence-corrected chi connectivity index (χ1v) is 6.16. The van der Waals surface area contributed by atoms with Crippen LogP contribution in [0.4, 0.5) is 5.82 Å². The Morgan fingerprint density at radius 2 is 2.35 bits per heavy atom. The molecule has 0 atom stereocenters. The lowest BCUT2D eigenvalue weighted by Gasteiger charge is -2.07. The SMILES string of the molecule is CCNc1cc(SCC(N)=O)nc(COC)n1. The molecule has 0 spiro atoms. The molecule has 0 aliphatic rings. The van der Waals surface area contributed by atoms with Gasteiger partial charge < -0.3 is 15.8 Å². The van der Waals surface area contributed by atoms with Crippen LogP contribution in [0.2, 0.25) is 0 Å². The molecule has 17 heavy (non-hydrogen) atoms. The number of hydrogen-bond donors (Lipinski definition) is 2. The third-order valence-electron chi connectivity index (χ3n) is 1.74. The highest BCUT2D eigenvalue weighted by Gasteiger charge is 2.06. The first kappa shape index (κ1) is 13.7. The second kappa shape index (κ2) is 7.08. The van der Waals surface area contributed by atoms with Gasteiger partial charge in [-0.15, -0.1) is 0 Å². The smallest absolute Gasteiger partial charge is 0.227 e. The highest BCUT2D eigenvalue weighted by Crippen LogP contribution is 2.18. The Hall–Kier alpha value is -1.34. The Morgan fingerprint density at radius 3 is 2.94 bits per heavy atom. The number of aromatic nitrogens is 2. The van der Waals surface area contributed by atoms with Crippen molar-refractivity contribution < 1.29 is 9.53 Å². The highest BCUT2D eigenvalue weighted by atomic mass is 32.2. The van der Waals surface area contributed by atoms with Crippen LogP contribution in [-0.2, 0) is 16.1 Å². The van der Waals surface area contributed by atoms with E-state index in [0.29, 0.717) is 17.5 Å². The number of carbonyl (C=O) groups excluding carboxylic acids is 1. The molecule has 0 radical (unpaired) electrons. The van der Waals surface area contributed by atoms with Gasteiger partial charge >= 0.3 is 0 Å². The fourth-order valence-corrected chi connectivity index (χ4v) is 1.81. The molecule has 0 aliphatic heterocycles. The summed E-state index contributed by atoms with van der Waals surface area (Å²) in [5.41, 5.74) is 5.09. The number of amides is 1. The fourth-order valence-electron chi connectivity index (χ4n) is 1.16. The summed E-state index contributed by atoms with van der Waals surface area (Å²) in [5.74, 6) is 1.14. The van der Waals surface area contributed by atoms with Crippen LogP contribution in [0.15, 0.2) is 11.1 Å². The number of nitrogens with one attached hydrogen (secondary N) is 1. The van der Waals surface area contributed by atoms with Crippen LogP contribution in [0.5, 0.6) is 0 Å². The maximum atomic E-state index is 10.7. The predicted molar refractivity (Wildman–Crippen MR) is 66.8 cm³/mol. The Balaban J connectivity index is 2.82. The van der Waals surface area contributed by atoms with Crippen LogP contribution in [0.25, 0.3) is 0 Å². The summed E-state index contributed by atoms with van der Waals surface area (Å²) in [6, 6.07) is 1.79. The Morgan fingerprint density at radius 1 is 1.59 bits per heavy atom. The number of primary amides is 1. The molecule has 1 aromatic heterocycles. The van der Waals surface area contributed by atoms with Crippen LogP contribution in [0.3, 0.4) is 0 Å². The van der Waals surface area contributed by atoms with E-state index < -0.39 is 0 Å². The molecule has 0 aromatic carbocycles. The van der Waals surface area contributed by atoms with Crippen molar-refractivity contribution in [1.82, 2.24) is 9.97 Å². The van der Waals surface area contributed by atoms with E-state index in [1.165, 1.54) is 11.8 Å². The van der Waals surface area contributed by atoms with Gasteiger partial charge in [0.1, 0.15) is 17.5 Å². The van der Waals surface area contributed by atoms with E-state index in [4.69, 9.17) is 10.5 Å². The van der Waals surface area contributed by atoms with Gasteiger partial charge in [-0.3, -0.25) is 4.79 Å². The molecule has 7 heteroatoms. The minimum absolute atomic E-state index is 0.203. The molecular formula is C10H16N4O2S. The van der Waals surface area contributed by atoms with Gasteiger partial charge in [-0.25, -0.2) is 9.97 Å². The number of carbonyl (C=O) groups is 1. The zero-order valence-corrected chi connectivity index (χ0v) is 10.7. The molecule has 0 bridgehead atoms. The Labute approximate surface area is 104 Å². The molecule has 6 nitrogen and oxygen atoms in total. The molecule has 1 amide bonds. The van der Waals surface area contributed by atoms with E-state index in [-0.39, 0.29) is 11.7 Å². The molecule has 1 rings (SSSR count). The number of nitrogens with two attached hydrogens (primary N) is 1. The van der Waals surface area contributed by atoms with Crippen molar-refractivity contribution in [1.29, 1.82) is 0 Å². The number of thioether (sulfide) groups is 1. The van der Waals surface area contributed by atoms with Crippen molar-refractivity contribution in [3.05, 3.63) is 11.9 Å². The first-order valence-electron chi connectivity index (χ1n) is 5.17. The van der Waals surface area contributed by atoms with Crippen molar-refractivity contribution in [3.63, 3.8) is 0 Å². The van der Waals surface area contributed by atoms with E-state index in [0.717, 1.165) is 12.4 Å². The van der Waals surface area contributed by atoms with Gasteiger partial charge in [0.05, 0.1) is 5.75 Å². The third kappa shape index (κ3) is 5.01. The molecule has 0 fully saturated rings. The summed E-state index contributed by atoms with van der Waals surface area (Å²) in [6.45, 7) is 3.08. The molecule has 0 aliphatic carbocycles. The quantitative estimate of drug-likeness (QED) is 0.549. The van der Waals surface area contributed by atoms with Crippen molar-refractivity contribution in [2.24, 2.45) is 5.73 Å². The molecule has 94 valence electrons. The minimum atomic E-state index is -0.369. The minimum Gasteiger partial charge on any atom is -0.377 e. The second-order valence-electron chi connectivity index (χ2n) is 3.23. The van der Waals surface area contributed by atoms with Gasteiger partial charge in [0, 0.05) is 19.7 Å². The lowest BCUT2D eigenvalue weighted by molar-refractivity contribution is -0.115. The first-order chi connectivity index (χ1) is 8.15. The van der Waals surface area contributed by atoms with Crippen LogP contribution < -0.4 is 11.1 Å². The molecular weight excluding hydrogens is 240 g/mol. The number of hydrogen-bond acceptors (Lipinski definition) is 6. The van der Waals surface area contributed by atoms with E-state index in [1.54, 1.807) is 13.2 Å². The van der Waals surface area contributed by atoms with Crippen LogP contribution in [0.1, 0.15) is 12.7 Å². The predicted octanol–water partition coefficient (Wildman–Crippen LogP) is 0.632. The van der Waals surface area contributed by atoms with E-state index in [1.807, 2.05) is 6.92 Å². The average molecular weight is 256 g/mol. The number of ether oxygens (including phenoxy) is 1. The topological polar surface area (TPSA) is 90.1 Å². The maximum absolute atomic E-state index is 10.7. The van der Waals surface area contributed by atoms with E-state index in [2.05, 4.69) is 15.3 Å². The molecule has 1 aromatic rings. The molecule has 0 saturated heterocycles. The van der Waals surface area contributed by atoms with Crippen LogP contribution >= 0.6 is 11.8 Å². The number of nitrogens with zero attached hydrogens (tertiary/aromatic N) is 2. The zero-order chi connectivity index (χ0) is 12.7. The number of anilines is 1. The highest BCUT2D eigenvalue weighted by molar-refractivity contribution is 7.99. The molecule has 0 unspecified atom stereocenters. The van der Waals surface area contributed by atoms with Crippen molar-refractivity contribution >= 4 is 23.5 Å². The van der Waals surface area contributed by atoms with Gasteiger partial charge in [-0.1, -0.05) is 11.8 Å². The average Bonchev–Trinajstić information content (AvgIpc) is 2.27. The number of methoxy groups -OCH3 is 1. The van der Waals surface area contributed by atoms with Gasteiger partial charge in [-0.2, -0.15) is 0 Å². The summed E-state index contributed by atoms with van der Waals surface area (Å²) in [7, 11) is 1.58. The molecule has 1 heterocycles. The van der Waals surface area contributed by atoms with Crippen molar-refractivity contribution in [3.8, 4) is 0 Å². The van der Waals surface area contributed by atoms with Crippen LogP contribution in [0, 0.1) is 0 Å². The summed E-state index contributed by atoms with van der Waals surface area (Å²) in [4.78, 5) is 19.2. The maximum Gasteiger partial charge on any atom is 0.227 e. The van der Waals surface area contributed by atoms with Crippen molar-refractivity contribution in [2.45, 2.75) is 18.6 Å². The van der Waals surface area contributed by atoms with Crippen LogP contribution in [-0.4, -0.2) is 35.3 Å². The van der Waals surface area contributed by atoms with Crippen molar-refractivity contribution in [2.75, 3.05) is 24.7 Å². The fraction of sp³-hybridized carbons (Fsp3) is 0.500. The van der Waals surface area contributed by atoms with E-state index in [9.17, 15) is 4.79 Å². The number of rotatable bonds is 7. The Kier molecular flexibility index (Phi) is 5.71. The van der Waals surface area contributed by atoms with Gasteiger partial charge in [0.2, 0.25) is 5.91 Å². The Bertz CT molecular complexity index is 362. The lowest BCUT2D eigenvalue weighted by Crippen LogP contribution is -2.13. The largest absolute Gasteiger partial charge is 0.377 e. The summed E-state index contributed by atoms with van der Waals surface area (Å²) in [5, 5.41) is 3.81. The summed E-state index contributed by atoms with van der Waals surface area (Å²) in [6.07, 6.45) is 0. The standard InChI is InChI=1S/C10H16N4O2S/c1-3-12-8-4-10(17-6-7(11)15)14-9(13-8)5-16-2/h4H,3,5-6H2,1-2H3,(H2,11,15)(H,12,13,14). The third-order valence-corrected chi connectivity index (χ3v) is 2.68. The summed E-state index contributed by atoms with van der Waals surface area (Å²) < 4.78 is 4.99. The lowest BCUT2D eigenvalue weighted by atomic mass is 10.5.